The van der Waals surface area contributed by atoms with Gasteiger partial charge in [0.25, 0.3) is 5.91 Å². The van der Waals surface area contributed by atoms with Gasteiger partial charge < -0.3 is 15.0 Å². The molecule has 2 aromatic carbocycles. The Hall–Kier alpha value is -3.15. The summed E-state index contributed by atoms with van der Waals surface area (Å²) in [6.45, 7) is 3.40. The Morgan fingerprint density at radius 1 is 1.14 bits per heavy atom. The maximum atomic E-state index is 12.8. The summed E-state index contributed by atoms with van der Waals surface area (Å²) in [5, 5.41) is 2.81. The minimum Gasteiger partial charge on any atom is -0.456 e. The lowest BCUT2D eigenvalue weighted by Gasteiger charge is -2.27. The maximum absolute atomic E-state index is 12.8. The summed E-state index contributed by atoms with van der Waals surface area (Å²) >= 11 is 0. The first-order valence-corrected chi connectivity index (χ1v) is 9.37. The van der Waals surface area contributed by atoms with Gasteiger partial charge in [-0.25, -0.2) is 0 Å². The zero-order valence-electron chi connectivity index (χ0n) is 16.1. The van der Waals surface area contributed by atoms with Crippen LogP contribution >= 0.6 is 0 Å². The summed E-state index contributed by atoms with van der Waals surface area (Å²) in [5.74, 6) is -0.917. The molecule has 0 bridgehead atoms. The van der Waals surface area contributed by atoms with Crippen LogP contribution in [0, 0.1) is 0 Å². The van der Waals surface area contributed by atoms with Crippen LogP contribution in [0.3, 0.4) is 0 Å². The van der Waals surface area contributed by atoms with Crippen molar-refractivity contribution >= 4 is 29.2 Å². The number of anilines is 2. The van der Waals surface area contributed by atoms with Gasteiger partial charge in [0.05, 0.1) is 17.8 Å². The van der Waals surface area contributed by atoms with Gasteiger partial charge in [0.1, 0.15) is 0 Å². The van der Waals surface area contributed by atoms with Crippen LogP contribution in [0.1, 0.15) is 38.2 Å². The Labute approximate surface area is 164 Å². The second kappa shape index (κ2) is 8.69. The molecule has 2 amide bonds. The van der Waals surface area contributed by atoms with Crippen molar-refractivity contribution in [3.8, 4) is 0 Å². The van der Waals surface area contributed by atoms with Crippen LogP contribution in [0.25, 0.3) is 0 Å². The zero-order valence-corrected chi connectivity index (χ0v) is 16.1. The first-order chi connectivity index (χ1) is 13.5. The number of esters is 1. The van der Waals surface area contributed by atoms with E-state index in [1.165, 1.54) is 4.90 Å². The van der Waals surface area contributed by atoms with Crippen molar-refractivity contribution in [1.82, 2.24) is 0 Å². The van der Waals surface area contributed by atoms with E-state index in [-0.39, 0.29) is 43.2 Å². The molecule has 0 fully saturated rings. The highest BCUT2D eigenvalue weighted by atomic mass is 16.5. The largest absolute Gasteiger partial charge is 0.456 e. The third-order valence-electron chi connectivity index (χ3n) is 4.83. The van der Waals surface area contributed by atoms with Gasteiger partial charge in [-0.15, -0.1) is 0 Å². The van der Waals surface area contributed by atoms with Crippen molar-refractivity contribution in [2.24, 2.45) is 0 Å². The van der Waals surface area contributed by atoms with Crippen molar-refractivity contribution in [2.75, 3.05) is 16.8 Å². The molecule has 0 aliphatic carbocycles. The maximum Gasteiger partial charge on any atom is 0.306 e. The van der Waals surface area contributed by atoms with Crippen molar-refractivity contribution < 1.29 is 19.1 Å². The normalized spacial score (nSPS) is 17.1. The van der Waals surface area contributed by atoms with Crippen molar-refractivity contribution in [3.05, 3.63) is 60.2 Å². The molecule has 0 aromatic heterocycles. The molecule has 28 heavy (non-hydrogen) atoms. The Bertz CT molecular complexity index is 866. The van der Waals surface area contributed by atoms with E-state index in [0.29, 0.717) is 11.4 Å². The lowest BCUT2D eigenvalue weighted by Crippen LogP contribution is -2.41. The van der Waals surface area contributed by atoms with Crippen molar-refractivity contribution in [1.29, 1.82) is 0 Å². The fourth-order valence-corrected chi connectivity index (χ4v) is 3.39. The molecule has 2 aromatic rings. The molecule has 1 aliphatic rings. The highest BCUT2D eigenvalue weighted by Crippen LogP contribution is 2.31. The quantitative estimate of drug-likeness (QED) is 0.806. The number of benzene rings is 2. The van der Waals surface area contributed by atoms with Crippen LogP contribution in [0.2, 0.25) is 0 Å². The summed E-state index contributed by atoms with van der Waals surface area (Å²) < 4.78 is 5.24. The molecule has 1 aliphatic heterocycles. The van der Waals surface area contributed by atoms with Gasteiger partial charge in [-0.1, -0.05) is 49.4 Å². The molecule has 3 rings (SSSR count). The van der Waals surface area contributed by atoms with E-state index >= 15 is 0 Å². The minimum atomic E-state index is -0.422. The van der Waals surface area contributed by atoms with Gasteiger partial charge >= 0.3 is 5.97 Å². The van der Waals surface area contributed by atoms with E-state index in [2.05, 4.69) is 5.32 Å². The summed E-state index contributed by atoms with van der Waals surface area (Å²) in [6.07, 6.45) is 0.378. The average molecular weight is 380 g/mol. The van der Waals surface area contributed by atoms with Crippen LogP contribution in [0.4, 0.5) is 11.4 Å². The smallest absolute Gasteiger partial charge is 0.306 e. The third kappa shape index (κ3) is 4.57. The topological polar surface area (TPSA) is 75.7 Å². The van der Waals surface area contributed by atoms with E-state index < -0.39 is 5.97 Å². The Kier molecular flexibility index (Phi) is 6.09. The van der Waals surface area contributed by atoms with Crippen molar-refractivity contribution in [2.45, 2.75) is 38.6 Å². The number of carbonyl (C=O) groups is 3. The van der Waals surface area contributed by atoms with Gasteiger partial charge in [0.2, 0.25) is 5.91 Å². The lowest BCUT2D eigenvalue weighted by molar-refractivity contribution is -0.148. The van der Waals surface area contributed by atoms with Crippen LogP contribution in [0.5, 0.6) is 0 Å². The summed E-state index contributed by atoms with van der Waals surface area (Å²) in [5.41, 5.74) is 2.24. The minimum absolute atomic E-state index is 0.00320. The van der Waals surface area contributed by atoms with E-state index in [9.17, 15) is 14.4 Å². The summed E-state index contributed by atoms with van der Waals surface area (Å²) in [4.78, 5) is 38.5. The number of para-hydroxylation sites is 2. The summed E-state index contributed by atoms with van der Waals surface area (Å²) in [7, 11) is 0. The molecule has 6 heteroatoms. The third-order valence-corrected chi connectivity index (χ3v) is 4.83. The van der Waals surface area contributed by atoms with Crippen LogP contribution in [-0.4, -0.2) is 30.4 Å². The molecule has 0 saturated heterocycles. The van der Waals surface area contributed by atoms with E-state index in [1.54, 1.807) is 31.2 Å². The standard InChI is InChI=1S/C22H24N2O4/c1-15(17-8-4-3-5-9-17)12-22(27)28-14-21(26)24-16(2)13-20(25)23-18-10-6-7-11-19(18)24/h3-11,15-16H,12-14H2,1-2H3,(H,23,25)/t15-,16+/m0/s1. The van der Waals surface area contributed by atoms with E-state index in [1.807, 2.05) is 37.3 Å². The average Bonchev–Trinajstić information content (AvgIpc) is 2.81. The molecular formula is C22H24N2O4. The second-order valence-electron chi connectivity index (χ2n) is 7.06. The SMILES string of the molecule is C[C@@H]1CC(=O)Nc2ccccc2N1C(=O)COC(=O)C[C@H](C)c1ccccc1. The van der Waals surface area contributed by atoms with Crippen LogP contribution in [-0.2, 0) is 19.1 Å². The second-order valence-corrected chi connectivity index (χ2v) is 7.06. The van der Waals surface area contributed by atoms with Gasteiger partial charge in [0, 0.05) is 12.5 Å². The molecule has 146 valence electrons. The molecular weight excluding hydrogens is 356 g/mol. The van der Waals surface area contributed by atoms with Crippen LogP contribution < -0.4 is 10.2 Å². The van der Waals surface area contributed by atoms with Gasteiger partial charge in [0.15, 0.2) is 6.61 Å². The molecule has 6 nitrogen and oxygen atoms in total. The van der Waals surface area contributed by atoms with E-state index in [4.69, 9.17) is 4.74 Å². The molecule has 0 unspecified atom stereocenters. The number of carbonyl (C=O) groups excluding carboxylic acids is 3. The molecule has 0 spiro atoms. The highest BCUT2D eigenvalue weighted by molar-refractivity contribution is 6.05. The number of hydrogen-bond acceptors (Lipinski definition) is 4. The molecule has 1 N–H and O–H groups in total. The number of nitrogens with one attached hydrogen (secondary N) is 1. The number of amides is 2. The first-order valence-electron chi connectivity index (χ1n) is 9.37. The Morgan fingerprint density at radius 3 is 2.57 bits per heavy atom. The fraction of sp³-hybridized carbons (Fsp3) is 0.318. The van der Waals surface area contributed by atoms with Crippen LogP contribution in [0.15, 0.2) is 54.6 Å². The fourth-order valence-electron chi connectivity index (χ4n) is 3.39. The molecule has 2 atom stereocenters. The molecule has 0 radical (unpaired) electrons. The number of ether oxygens (including phenoxy) is 1. The Balaban J connectivity index is 1.64. The Morgan fingerprint density at radius 2 is 1.82 bits per heavy atom. The van der Waals surface area contributed by atoms with Gasteiger partial charge in [-0.3, -0.25) is 14.4 Å². The predicted octanol–water partition coefficient (Wildman–Crippen LogP) is 3.49. The van der Waals surface area contributed by atoms with E-state index in [0.717, 1.165) is 5.56 Å². The number of hydrogen-bond donors (Lipinski definition) is 1. The lowest BCUT2D eigenvalue weighted by atomic mass is 9.98. The number of nitrogens with zero attached hydrogens (tertiary/aromatic N) is 1. The first kappa shape index (κ1) is 19.6. The molecule has 1 heterocycles. The van der Waals surface area contributed by atoms with Gasteiger partial charge in [-0.05, 0) is 30.5 Å². The summed E-state index contributed by atoms with van der Waals surface area (Å²) in [6, 6.07) is 16.5. The van der Waals surface area contributed by atoms with Crippen molar-refractivity contribution in [3.63, 3.8) is 0 Å². The predicted molar refractivity (Wildman–Crippen MR) is 107 cm³/mol. The zero-order chi connectivity index (χ0) is 20.1. The molecule has 0 saturated carbocycles. The number of rotatable bonds is 5. The monoisotopic (exact) mass is 380 g/mol. The highest BCUT2D eigenvalue weighted by Gasteiger charge is 2.30. The van der Waals surface area contributed by atoms with Gasteiger partial charge in [-0.2, -0.15) is 0 Å². The number of fused-ring (bicyclic) bond motifs is 1.